The van der Waals surface area contributed by atoms with Crippen molar-refractivity contribution in [3.05, 3.63) is 23.7 Å². The highest BCUT2D eigenvalue weighted by atomic mass is 16.5. The maximum atomic E-state index is 12.2. The lowest BCUT2D eigenvalue weighted by molar-refractivity contribution is -0.144. The number of ether oxygens (including phenoxy) is 1. The first-order chi connectivity index (χ1) is 10.6. The van der Waals surface area contributed by atoms with E-state index in [9.17, 15) is 14.7 Å². The van der Waals surface area contributed by atoms with Gasteiger partial charge in [0.1, 0.15) is 5.76 Å². The van der Waals surface area contributed by atoms with Crippen molar-refractivity contribution in [2.24, 2.45) is 11.8 Å². The molecular weight excluding hydrogens is 286 g/mol. The molecule has 0 aromatic carbocycles. The molecule has 1 aromatic rings. The van der Waals surface area contributed by atoms with E-state index in [1.54, 1.807) is 6.07 Å². The number of carbonyl (C=O) groups excluding carboxylic acids is 1. The summed E-state index contributed by atoms with van der Waals surface area (Å²) in [5.74, 6) is -1.01. The first-order valence-electron chi connectivity index (χ1n) is 7.78. The minimum Gasteiger partial charge on any atom is -0.481 e. The lowest BCUT2D eigenvalue weighted by atomic mass is 9.86. The molecule has 1 fully saturated rings. The first-order valence-corrected chi connectivity index (χ1v) is 7.78. The normalized spacial score (nSPS) is 17.1. The number of hydrogen-bond donors (Lipinski definition) is 2. The standard InChI is InChI=1S/C16H23NO5/c1-2-3-14-12(6-9-22-14)15(18)17-10-13(16(19)20)11-4-7-21-8-5-11/h6,9,11,13H,2-5,7-8,10H2,1H3,(H,17,18)(H,19,20). The minimum absolute atomic E-state index is 0.0472. The van der Waals surface area contributed by atoms with Crippen LogP contribution in [-0.4, -0.2) is 36.7 Å². The van der Waals surface area contributed by atoms with Crippen molar-refractivity contribution in [3.63, 3.8) is 0 Å². The van der Waals surface area contributed by atoms with Crippen LogP contribution in [0, 0.1) is 11.8 Å². The van der Waals surface area contributed by atoms with Crippen molar-refractivity contribution < 1.29 is 23.8 Å². The van der Waals surface area contributed by atoms with Crippen LogP contribution in [0.5, 0.6) is 0 Å². The fourth-order valence-corrected chi connectivity index (χ4v) is 2.84. The molecule has 2 heterocycles. The number of nitrogens with one attached hydrogen (secondary N) is 1. The Hall–Kier alpha value is -1.82. The highest BCUT2D eigenvalue weighted by Crippen LogP contribution is 2.24. The number of hydrogen-bond acceptors (Lipinski definition) is 4. The quantitative estimate of drug-likeness (QED) is 0.805. The van der Waals surface area contributed by atoms with E-state index >= 15 is 0 Å². The van der Waals surface area contributed by atoms with Gasteiger partial charge in [-0.25, -0.2) is 0 Å². The molecule has 6 nitrogen and oxygen atoms in total. The van der Waals surface area contributed by atoms with E-state index < -0.39 is 11.9 Å². The Balaban J connectivity index is 1.95. The SMILES string of the molecule is CCCc1occc1C(=O)NCC(C(=O)O)C1CCOCC1. The first kappa shape index (κ1) is 16.5. The monoisotopic (exact) mass is 309 g/mol. The van der Waals surface area contributed by atoms with E-state index in [0.29, 0.717) is 31.0 Å². The molecule has 0 saturated carbocycles. The van der Waals surface area contributed by atoms with Gasteiger partial charge >= 0.3 is 5.97 Å². The smallest absolute Gasteiger partial charge is 0.308 e. The third-order valence-corrected chi connectivity index (χ3v) is 4.10. The summed E-state index contributed by atoms with van der Waals surface area (Å²) in [4.78, 5) is 23.7. The van der Waals surface area contributed by atoms with Crippen LogP contribution in [0.15, 0.2) is 16.7 Å². The lowest BCUT2D eigenvalue weighted by Crippen LogP contribution is -2.39. The molecule has 1 amide bonds. The topological polar surface area (TPSA) is 88.8 Å². The lowest BCUT2D eigenvalue weighted by Gasteiger charge is -2.27. The maximum absolute atomic E-state index is 12.2. The van der Waals surface area contributed by atoms with Crippen LogP contribution in [0.3, 0.4) is 0 Å². The van der Waals surface area contributed by atoms with Crippen molar-refractivity contribution in [1.29, 1.82) is 0 Å². The molecule has 122 valence electrons. The van der Waals surface area contributed by atoms with Crippen LogP contribution >= 0.6 is 0 Å². The van der Waals surface area contributed by atoms with E-state index in [1.807, 2.05) is 6.92 Å². The Morgan fingerprint density at radius 2 is 2.14 bits per heavy atom. The molecule has 2 rings (SSSR count). The fraction of sp³-hybridized carbons (Fsp3) is 0.625. The molecule has 2 N–H and O–H groups in total. The number of aliphatic carboxylic acids is 1. The highest BCUT2D eigenvalue weighted by Gasteiger charge is 2.30. The number of carboxylic acids is 1. The van der Waals surface area contributed by atoms with E-state index in [4.69, 9.17) is 9.15 Å². The second-order valence-electron chi connectivity index (χ2n) is 5.61. The molecule has 1 aliphatic heterocycles. The van der Waals surface area contributed by atoms with Gasteiger partial charge in [0.15, 0.2) is 0 Å². The molecule has 0 radical (unpaired) electrons. The molecule has 0 aliphatic carbocycles. The Bertz CT molecular complexity index is 504. The summed E-state index contributed by atoms with van der Waals surface area (Å²) in [6.45, 7) is 3.32. The van der Waals surface area contributed by atoms with Crippen molar-refractivity contribution in [2.75, 3.05) is 19.8 Å². The summed E-state index contributed by atoms with van der Waals surface area (Å²) in [6, 6.07) is 1.63. The predicted molar refractivity (Wildman–Crippen MR) is 79.7 cm³/mol. The van der Waals surface area contributed by atoms with E-state index in [0.717, 1.165) is 19.3 Å². The summed E-state index contributed by atoms with van der Waals surface area (Å²) in [6.07, 6.45) is 4.51. The van der Waals surface area contributed by atoms with Gasteiger partial charge in [-0.2, -0.15) is 0 Å². The van der Waals surface area contributed by atoms with Crippen LogP contribution in [0.1, 0.15) is 42.3 Å². The molecule has 1 atom stereocenters. The fourth-order valence-electron chi connectivity index (χ4n) is 2.84. The summed E-state index contributed by atoms with van der Waals surface area (Å²) in [7, 11) is 0. The number of carboxylic acid groups (broad SMARTS) is 1. The van der Waals surface area contributed by atoms with E-state index in [1.165, 1.54) is 6.26 Å². The Morgan fingerprint density at radius 3 is 2.77 bits per heavy atom. The van der Waals surface area contributed by atoms with Gasteiger partial charge in [0.25, 0.3) is 5.91 Å². The molecule has 1 aromatic heterocycles. The maximum Gasteiger partial charge on any atom is 0.308 e. The van der Waals surface area contributed by atoms with Crippen LogP contribution in [0.4, 0.5) is 0 Å². The Labute approximate surface area is 129 Å². The summed E-state index contributed by atoms with van der Waals surface area (Å²) >= 11 is 0. The zero-order valence-electron chi connectivity index (χ0n) is 12.8. The minimum atomic E-state index is -0.867. The zero-order chi connectivity index (χ0) is 15.9. The molecule has 1 unspecified atom stereocenters. The van der Waals surface area contributed by atoms with Gasteiger partial charge in [-0.3, -0.25) is 9.59 Å². The molecule has 22 heavy (non-hydrogen) atoms. The average molecular weight is 309 g/mol. The zero-order valence-corrected chi connectivity index (χ0v) is 12.8. The Kier molecular flexibility index (Phi) is 6.00. The van der Waals surface area contributed by atoms with Gasteiger partial charge in [0.05, 0.1) is 17.7 Å². The predicted octanol–water partition coefficient (Wildman–Crippen LogP) is 2.09. The largest absolute Gasteiger partial charge is 0.481 e. The number of aryl methyl sites for hydroxylation is 1. The Morgan fingerprint density at radius 1 is 1.41 bits per heavy atom. The van der Waals surface area contributed by atoms with Gasteiger partial charge in [-0.1, -0.05) is 6.92 Å². The highest BCUT2D eigenvalue weighted by molar-refractivity contribution is 5.95. The second kappa shape index (κ2) is 7.98. The van der Waals surface area contributed by atoms with Gasteiger partial charge in [0.2, 0.25) is 0 Å². The van der Waals surface area contributed by atoms with E-state index in [-0.39, 0.29) is 18.4 Å². The molecule has 1 saturated heterocycles. The van der Waals surface area contributed by atoms with Crippen LogP contribution in [0.25, 0.3) is 0 Å². The van der Waals surface area contributed by atoms with Crippen molar-refractivity contribution in [1.82, 2.24) is 5.32 Å². The van der Waals surface area contributed by atoms with Crippen LogP contribution in [-0.2, 0) is 16.0 Å². The van der Waals surface area contributed by atoms with Gasteiger partial charge < -0.3 is 19.6 Å². The summed E-state index contributed by atoms with van der Waals surface area (Å²) < 4.78 is 10.6. The van der Waals surface area contributed by atoms with Gasteiger partial charge in [-0.15, -0.1) is 0 Å². The number of carbonyl (C=O) groups is 2. The van der Waals surface area contributed by atoms with Crippen molar-refractivity contribution in [3.8, 4) is 0 Å². The number of amides is 1. The molecule has 0 bridgehead atoms. The van der Waals surface area contributed by atoms with Crippen molar-refractivity contribution >= 4 is 11.9 Å². The number of furan rings is 1. The van der Waals surface area contributed by atoms with Crippen LogP contribution < -0.4 is 5.32 Å². The van der Waals surface area contributed by atoms with Crippen LogP contribution in [0.2, 0.25) is 0 Å². The van der Waals surface area contributed by atoms with E-state index in [2.05, 4.69) is 5.32 Å². The molecular formula is C16H23NO5. The van der Waals surface area contributed by atoms with Crippen molar-refractivity contribution in [2.45, 2.75) is 32.6 Å². The molecule has 6 heteroatoms. The molecule has 1 aliphatic rings. The molecule has 0 spiro atoms. The third kappa shape index (κ3) is 4.10. The number of rotatable bonds is 7. The second-order valence-corrected chi connectivity index (χ2v) is 5.61. The summed E-state index contributed by atoms with van der Waals surface area (Å²) in [5.41, 5.74) is 0.498. The average Bonchev–Trinajstić information content (AvgIpc) is 2.97. The summed E-state index contributed by atoms with van der Waals surface area (Å²) in [5, 5.41) is 12.1. The third-order valence-electron chi connectivity index (χ3n) is 4.10. The van der Waals surface area contributed by atoms with Gasteiger partial charge in [0, 0.05) is 26.2 Å². The van der Waals surface area contributed by atoms with Gasteiger partial charge in [-0.05, 0) is 31.2 Å².